The standard InChI is InChI=1S/C18H18N10/c1-2-16-20-3-4-26(16)9-12(1)10-28-18-17(24-25-28)21-8-15(23-18)13-5-22-27(11-13)14-6-19-7-14/h1-5,8-9,11,14,16,19-20H,6-7,10H2. The summed E-state index contributed by atoms with van der Waals surface area (Å²) in [4.78, 5) is 11.3. The number of aromatic nitrogens is 7. The SMILES string of the molecule is C1=CN2C=C(Cn3nnc4ncc(-c5cnn(C6CNC6)c5)nc43)C=CC2N1. The average molecular weight is 374 g/mol. The van der Waals surface area contributed by atoms with Crippen molar-refractivity contribution in [3.05, 3.63) is 54.9 Å². The van der Waals surface area contributed by atoms with E-state index in [1.54, 1.807) is 10.9 Å². The summed E-state index contributed by atoms with van der Waals surface area (Å²) in [5.74, 6) is 0. The van der Waals surface area contributed by atoms with Crippen LogP contribution in [0.5, 0.6) is 0 Å². The number of rotatable bonds is 4. The van der Waals surface area contributed by atoms with Crippen LogP contribution >= 0.6 is 0 Å². The number of fused-ring (bicyclic) bond motifs is 2. The highest BCUT2D eigenvalue weighted by atomic mass is 15.5. The minimum atomic E-state index is 0.199. The Labute approximate surface area is 160 Å². The van der Waals surface area contributed by atoms with Gasteiger partial charge in [0.15, 0.2) is 5.65 Å². The molecule has 1 unspecified atom stereocenters. The monoisotopic (exact) mass is 374 g/mol. The first-order valence-electron chi connectivity index (χ1n) is 9.24. The molecular formula is C18H18N10. The van der Waals surface area contributed by atoms with Crippen molar-refractivity contribution in [3.63, 3.8) is 0 Å². The molecule has 0 amide bonds. The maximum absolute atomic E-state index is 4.77. The molecule has 28 heavy (non-hydrogen) atoms. The Morgan fingerprint density at radius 2 is 2.18 bits per heavy atom. The van der Waals surface area contributed by atoms with E-state index in [1.807, 2.05) is 29.5 Å². The molecule has 0 saturated carbocycles. The molecule has 0 radical (unpaired) electrons. The van der Waals surface area contributed by atoms with Crippen molar-refractivity contribution in [1.29, 1.82) is 0 Å². The third-order valence-electron chi connectivity index (χ3n) is 5.23. The summed E-state index contributed by atoms with van der Waals surface area (Å²) in [7, 11) is 0. The topological polar surface area (TPSA) is 102 Å². The van der Waals surface area contributed by atoms with Gasteiger partial charge in [0.25, 0.3) is 0 Å². The first-order chi connectivity index (χ1) is 13.8. The molecular weight excluding hydrogens is 356 g/mol. The van der Waals surface area contributed by atoms with Gasteiger partial charge in [0, 0.05) is 43.4 Å². The smallest absolute Gasteiger partial charge is 0.221 e. The summed E-state index contributed by atoms with van der Waals surface area (Å²) in [5.41, 5.74) is 4.05. The van der Waals surface area contributed by atoms with Gasteiger partial charge in [0.05, 0.1) is 30.7 Å². The van der Waals surface area contributed by atoms with Crippen LogP contribution in [0, 0.1) is 0 Å². The summed E-state index contributed by atoms with van der Waals surface area (Å²) in [6, 6.07) is 0.417. The van der Waals surface area contributed by atoms with Gasteiger partial charge in [0.1, 0.15) is 6.17 Å². The second-order valence-corrected chi connectivity index (χ2v) is 7.11. The number of nitrogens with zero attached hydrogens (tertiary/aromatic N) is 8. The van der Waals surface area contributed by atoms with Crippen molar-refractivity contribution in [2.75, 3.05) is 13.1 Å². The zero-order valence-electron chi connectivity index (χ0n) is 15.0. The van der Waals surface area contributed by atoms with Gasteiger partial charge in [-0.05, 0) is 11.6 Å². The number of hydrogen-bond donors (Lipinski definition) is 2. The molecule has 6 rings (SSSR count). The fourth-order valence-electron chi connectivity index (χ4n) is 3.53. The second kappa shape index (κ2) is 5.99. The van der Waals surface area contributed by atoms with Crippen molar-refractivity contribution >= 4 is 11.3 Å². The molecule has 0 aromatic carbocycles. The molecule has 1 atom stereocenters. The highest BCUT2D eigenvalue weighted by Gasteiger charge is 2.21. The van der Waals surface area contributed by atoms with Crippen LogP contribution < -0.4 is 10.6 Å². The fourth-order valence-corrected chi connectivity index (χ4v) is 3.53. The van der Waals surface area contributed by atoms with Gasteiger partial charge in [-0.2, -0.15) is 5.10 Å². The van der Waals surface area contributed by atoms with Crippen LogP contribution in [0.15, 0.2) is 54.9 Å². The third-order valence-corrected chi connectivity index (χ3v) is 5.23. The van der Waals surface area contributed by atoms with E-state index in [1.165, 1.54) is 0 Å². The maximum atomic E-state index is 4.77. The molecule has 3 aromatic rings. The van der Waals surface area contributed by atoms with Crippen LogP contribution in [-0.2, 0) is 6.54 Å². The summed E-state index contributed by atoms with van der Waals surface area (Å²) in [5, 5.41) is 19.4. The Morgan fingerprint density at radius 3 is 3.07 bits per heavy atom. The van der Waals surface area contributed by atoms with Gasteiger partial charge in [-0.1, -0.05) is 11.3 Å². The molecule has 1 fully saturated rings. The first-order valence-corrected chi connectivity index (χ1v) is 9.24. The van der Waals surface area contributed by atoms with E-state index < -0.39 is 0 Å². The highest BCUT2D eigenvalue weighted by molar-refractivity contribution is 5.69. The average Bonchev–Trinajstić information content (AvgIpc) is 3.40. The van der Waals surface area contributed by atoms with Crippen LogP contribution in [0.1, 0.15) is 6.04 Å². The number of allylic oxidation sites excluding steroid dienone is 2. The fraction of sp³-hybridized carbons (Fsp3) is 0.278. The minimum Gasteiger partial charge on any atom is -0.366 e. The Morgan fingerprint density at radius 1 is 1.21 bits per heavy atom. The van der Waals surface area contributed by atoms with Crippen LogP contribution in [0.25, 0.3) is 22.6 Å². The van der Waals surface area contributed by atoms with E-state index >= 15 is 0 Å². The summed E-state index contributed by atoms with van der Waals surface area (Å²) in [6.07, 6.45) is 16.1. The zero-order valence-corrected chi connectivity index (χ0v) is 15.0. The summed E-state index contributed by atoms with van der Waals surface area (Å²) >= 11 is 0. The van der Waals surface area contributed by atoms with Crippen molar-refractivity contribution in [2.45, 2.75) is 18.8 Å². The van der Waals surface area contributed by atoms with Crippen LogP contribution in [0.4, 0.5) is 0 Å². The van der Waals surface area contributed by atoms with Crippen LogP contribution in [0.2, 0.25) is 0 Å². The quantitative estimate of drug-likeness (QED) is 0.676. The lowest BCUT2D eigenvalue weighted by Crippen LogP contribution is -2.43. The number of hydrogen-bond acceptors (Lipinski definition) is 8. The first kappa shape index (κ1) is 15.5. The lowest BCUT2D eigenvalue weighted by Gasteiger charge is -2.27. The normalized spacial score (nSPS) is 20.9. The minimum absolute atomic E-state index is 0.199. The van der Waals surface area contributed by atoms with Crippen molar-refractivity contribution in [1.82, 2.24) is 50.3 Å². The largest absolute Gasteiger partial charge is 0.366 e. The molecule has 0 bridgehead atoms. The molecule has 0 spiro atoms. The molecule has 2 N–H and O–H groups in total. The van der Waals surface area contributed by atoms with Gasteiger partial charge in [-0.3, -0.25) is 4.68 Å². The Bertz CT molecular complexity index is 1130. The Kier molecular flexibility index (Phi) is 3.32. The summed E-state index contributed by atoms with van der Waals surface area (Å²) < 4.78 is 3.77. The molecule has 6 heterocycles. The maximum Gasteiger partial charge on any atom is 0.221 e. The molecule has 140 valence electrons. The third kappa shape index (κ3) is 2.49. The molecule has 10 nitrogen and oxygen atoms in total. The van der Waals surface area contributed by atoms with E-state index in [9.17, 15) is 0 Å². The molecule has 3 aliphatic rings. The summed E-state index contributed by atoms with van der Waals surface area (Å²) in [6.45, 7) is 2.48. The van der Waals surface area contributed by atoms with Crippen LogP contribution in [-0.4, -0.2) is 58.9 Å². The van der Waals surface area contributed by atoms with Gasteiger partial charge < -0.3 is 15.5 Å². The lowest BCUT2D eigenvalue weighted by atomic mass is 10.2. The zero-order chi connectivity index (χ0) is 18.5. The predicted octanol–water partition coefficient (Wildman–Crippen LogP) is 0.385. The van der Waals surface area contributed by atoms with Gasteiger partial charge in [0.2, 0.25) is 5.65 Å². The Hall–Kier alpha value is -3.53. The Balaban J connectivity index is 1.31. The molecule has 10 heteroatoms. The second-order valence-electron chi connectivity index (χ2n) is 7.11. The van der Waals surface area contributed by atoms with Gasteiger partial charge in [-0.15, -0.1) is 5.10 Å². The molecule has 3 aromatic heterocycles. The van der Waals surface area contributed by atoms with Gasteiger partial charge >= 0.3 is 0 Å². The number of nitrogens with one attached hydrogen (secondary N) is 2. The van der Waals surface area contributed by atoms with E-state index in [-0.39, 0.29) is 6.17 Å². The molecule has 1 saturated heterocycles. The highest BCUT2D eigenvalue weighted by Crippen LogP contribution is 2.22. The lowest BCUT2D eigenvalue weighted by molar-refractivity contribution is 0.318. The van der Waals surface area contributed by atoms with Crippen molar-refractivity contribution in [3.8, 4) is 11.3 Å². The molecule has 3 aliphatic heterocycles. The van der Waals surface area contributed by atoms with E-state index in [0.29, 0.717) is 23.9 Å². The predicted molar refractivity (Wildman–Crippen MR) is 101 cm³/mol. The van der Waals surface area contributed by atoms with Crippen molar-refractivity contribution < 1.29 is 0 Å². The van der Waals surface area contributed by atoms with E-state index in [4.69, 9.17) is 4.98 Å². The van der Waals surface area contributed by atoms with Crippen molar-refractivity contribution in [2.24, 2.45) is 0 Å². The van der Waals surface area contributed by atoms with Crippen LogP contribution in [0.3, 0.4) is 0 Å². The molecule has 0 aliphatic carbocycles. The van der Waals surface area contributed by atoms with E-state index in [0.717, 1.165) is 29.9 Å². The van der Waals surface area contributed by atoms with Gasteiger partial charge in [-0.25, -0.2) is 14.6 Å². The van der Waals surface area contributed by atoms with E-state index in [2.05, 4.69) is 54.3 Å².